The summed E-state index contributed by atoms with van der Waals surface area (Å²) in [6.45, 7) is 14.2. The fraction of sp³-hybridized carbons (Fsp3) is 0.692. The normalized spacial score (nSPS) is 11.3. The Hall–Kier alpha value is -0.760. The molecule has 15 heavy (non-hydrogen) atoms. The molecule has 0 spiro atoms. The standard InChI is InChI=1S/C13H24N2/c1-6-15-11(4)7-13(12(15)5)9-14-8-10(2)3/h7,10,14H,6,8-9H2,1-5H3. The quantitative estimate of drug-likeness (QED) is 0.787. The van der Waals surface area contributed by atoms with Gasteiger partial charge in [-0.05, 0) is 44.9 Å². The SMILES string of the molecule is CCn1c(C)cc(CNCC(C)C)c1C. The summed E-state index contributed by atoms with van der Waals surface area (Å²) in [7, 11) is 0. The van der Waals surface area contributed by atoms with Gasteiger partial charge in [-0.25, -0.2) is 0 Å². The highest BCUT2D eigenvalue weighted by Crippen LogP contribution is 2.14. The molecule has 0 saturated heterocycles. The van der Waals surface area contributed by atoms with Gasteiger partial charge in [0.05, 0.1) is 0 Å². The van der Waals surface area contributed by atoms with E-state index in [0.717, 1.165) is 25.6 Å². The summed E-state index contributed by atoms with van der Waals surface area (Å²) in [5.74, 6) is 0.722. The second-order valence-corrected chi connectivity index (χ2v) is 4.67. The van der Waals surface area contributed by atoms with E-state index in [0.29, 0.717) is 0 Å². The molecule has 0 unspecified atom stereocenters. The van der Waals surface area contributed by atoms with Crippen molar-refractivity contribution in [1.82, 2.24) is 9.88 Å². The molecule has 0 aliphatic rings. The second-order valence-electron chi connectivity index (χ2n) is 4.67. The van der Waals surface area contributed by atoms with Crippen LogP contribution < -0.4 is 5.32 Å². The van der Waals surface area contributed by atoms with Crippen LogP contribution in [0.15, 0.2) is 6.07 Å². The third-order valence-corrected chi connectivity index (χ3v) is 2.86. The van der Waals surface area contributed by atoms with E-state index >= 15 is 0 Å². The molecule has 0 radical (unpaired) electrons. The largest absolute Gasteiger partial charge is 0.349 e. The first-order chi connectivity index (χ1) is 7.06. The molecule has 0 aliphatic heterocycles. The lowest BCUT2D eigenvalue weighted by Gasteiger charge is -2.08. The molecule has 1 N–H and O–H groups in total. The topological polar surface area (TPSA) is 17.0 Å². The van der Waals surface area contributed by atoms with Gasteiger partial charge in [0.15, 0.2) is 0 Å². The maximum absolute atomic E-state index is 3.49. The monoisotopic (exact) mass is 208 g/mol. The van der Waals surface area contributed by atoms with E-state index in [9.17, 15) is 0 Å². The number of aryl methyl sites for hydroxylation is 1. The minimum atomic E-state index is 0.722. The Balaban J connectivity index is 2.62. The maximum Gasteiger partial charge on any atom is 0.0223 e. The summed E-state index contributed by atoms with van der Waals surface area (Å²) in [5.41, 5.74) is 4.22. The molecule has 2 nitrogen and oxygen atoms in total. The number of nitrogens with one attached hydrogen (secondary N) is 1. The van der Waals surface area contributed by atoms with E-state index in [4.69, 9.17) is 0 Å². The van der Waals surface area contributed by atoms with Crippen LogP contribution >= 0.6 is 0 Å². The van der Waals surface area contributed by atoms with Crippen LogP contribution in [0.1, 0.15) is 37.7 Å². The highest BCUT2D eigenvalue weighted by Gasteiger charge is 2.06. The average molecular weight is 208 g/mol. The van der Waals surface area contributed by atoms with E-state index in [1.54, 1.807) is 0 Å². The second kappa shape index (κ2) is 5.36. The van der Waals surface area contributed by atoms with Gasteiger partial charge >= 0.3 is 0 Å². The summed E-state index contributed by atoms with van der Waals surface area (Å²) < 4.78 is 2.37. The fourth-order valence-corrected chi connectivity index (χ4v) is 2.03. The molecule has 86 valence electrons. The summed E-state index contributed by atoms with van der Waals surface area (Å²) in [6.07, 6.45) is 0. The number of hydrogen-bond donors (Lipinski definition) is 1. The van der Waals surface area contributed by atoms with Crippen LogP contribution in [-0.4, -0.2) is 11.1 Å². The van der Waals surface area contributed by atoms with Crippen molar-refractivity contribution >= 4 is 0 Å². The van der Waals surface area contributed by atoms with E-state index in [1.807, 2.05) is 0 Å². The first-order valence-electron chi connectivity index (χ1n) is 5.92. The molecule has 0 amide bonds. The third-order valence-electron chi connectivity index (χ3n) is 2.86. The molecule has 0 aromatic carbocycles. The highest BCUT2D eigenvalue weighted by atomic mass is 15.0. The predicted octanol–water partition coefficient (Wildman–Crippen LogP) is 2.87. The van der Waals surface area contributed by atoms with Crippen LogP contribution in [0, 0.1) is 19.8 Å². The van der Waals surface area contributed by atoms with E-state index in [1.165, 1.54) is 17.0 Å². The lowest BCUT2D eigenvalue weighted by molar-refractivity contribution is 0.550. The van der Waals surface area contributed by atoms with E-state index < -0.39 is 0 Å². The molecule has 2 heteroatoms. The lowest BCUT2D eigenvalue weighted by atomic mass is 10.2. The number of hydrogen-bond acceptors (Lipinski definition) is 1. The van der Waals surface area contributed by atoms with E-state index in [-0.39, 0.29) is 0 Å². The Morgan fingerprint density at radius 2 is 2.00 bits per heavy atom. The van der Waals surface area contributed by atoms with Crippen LogP contribution in [0.3, 0.4) is 0 Å². The van der Waals surface area contributed by atoms with Crippen LogP contribution in [0.25, 0.3) is 0 Å². The summed E-state index contributed by atoms with van der Waals surface area (Å²) in [6, 6.07) is 2.30. The molecule has 0 aliphatic carbocycles. The van der Waals surface area contributed by atoms with E-state index in [2.05, 4.69) is 50.6 Å². The molecule has 1 aromatic heterocycles. The molecule has 0 bridgehead atoms. The number of aromatic nitrogens is 1. The molecule has 1 rings (SSSR count). The smallest absolute Gasteiger partial charge is 0.0223 e. The van der Waals surface area contributed by atoms with Crippen molar-refractivity contribution in [3.63, 3.8) is 0 Å². The number of nitrogens with zero attached hydrogens (tertiary/aromatic N) is 1. The van der Waals surface area contributed by atoms with Crippen molar-refractivity contribution in [2.75, 3.05) is 6.54 Å². The predicted molar refractivity (Wildman–Crippen MR) is 66.1 cm³/mol. The van der Waals surface area contributed by atoms with Gasteiger partial charge in [-0.15, -0.1) is 0 Å². The minimum Gasteiger partial charge on any atom is -0.349 e. The first kappa shape index (κ1) is 12.3. The average Bonchev–Trinajstić information content (AvgIpc) is 2.41. The van der Waals surface area contributed by atoms with Crippen LogP contribution in [0.4, 0.5) is 0 Å². The summed E-state index contributed by atoms with van der Waals surface area (Å²) in [4.78, 5) is 0. The molecule has 1 aromatic rings. The summed E-state index contributed by atoms with van der Waals surface area (Å²) >= 11 is 0. The van der Waals surface area contributed by atoms with Crippen molar-refractivity contribution in [2.45, 2.75) is 47.7 Å². The Bertz CT molecular complexity index is 311. The van der Waals surface area contributed by atoms with Crippen LogP contribution in [-0.2, 0) is 13.1 Å². The molecular weight excluding hydrogens is 184 g/mol. The highest BCUT2D eigenvalue weighted by molar-refractivity contribution is 5.26. The lowest BCUT2D eigenvalue weighted by Crippen LogP contribution is -2.19. The van der Waals surface area contributed by atoms with Gasteiger partial charge in [0, 0.05) is 24.5 Å². The Labute approximate surface area is 93.7 Å². The Kier molecular flexibility index (Phi) is 4.40. The Morgan fingerprint density at radius 3 is 2.47 bits per heavy atom. The van der Waals surface area contributed by atoms with Gasteiger partial charge in [-0.2, -0.15) is 0 Å². The van der Waals surface area contributed by atoms with Gasteiger partial charge < -0.3 is 9.88 Å². The van der Waals surface area contributed by atoms with Crippen molar-refractivity contribution in [3.05, 3.63) is 23.0 Å². The van der Waals surface area contributed by atoms with Gasteiger partial charge in [0.2, 0.25) is 0 Å². The molecular formula is C13H24N2. The minimum absolute atomic E-state index is 0.722. The zero-order valence-corrected chi connectivity index (χ0v) is 10.7. The van der Waals surface area contributed by atoms with Crippen LogP contribution in [0.2, 0.25) is 0 Å². The maximum atomic E-state index is 3.49. The third kappa shape index (κ3) is 3.10. The molecule has 0 saturated carbocycles. The van der Waals surface area contributed by atoms with Crippen molar-refractivity contribution in [3.8, 4) is 0 Å². The van der Waals surface area contributed by atoms with Gasteiger partial charge in [-0.1, -0.05) is 13.8 Å². The molecule has 1 heterocycles. The zero-order valence-electron chi connectivity index (χ0n) is 10.7. The first-order valence-corrected chi connectivity index (χ1v) is 5.92. The molecule has 0 fully saturated rings. The van der Waals surface area contributed by atoms with Crippen molar-refractivity contribution in [2.24, 2.45) is 5.92 Å². The summed E-state index contributed by atoms with van der Waals surface area (Å²) in [5, 5.41) is 3.49. The van der Waals surface area contributed by atoms with Gasteiger partial charge in [0.1, 0.15) is 0 Å². The molecule has 0 atom stereocenters. The number of rotatable bonds is 5. The van der Waals surface area contributed by atoms with Gasteiger partial charge in [-0.3, -0.25) is 0 Å². The van der Waals surface area contributed by atoms with Gasteiger partial charge in [0.25, 0.3) is 0 Å². The van der Waals surface area contributed by atoms with Crippen molar-refractivity contribution < 1.29 is 0 Å². The zero-order chi connectivity index (χ0) is 11.4. The van der Waals surface area contributed by atoms with Crippen LogP contribution in [0.5, 0.6) is 0 Å². The Morgan fingerprint density at radius 1 is 1.33 bits per heavy atom. The fourth-order valence-electron chi connectivity index (χ4n) is 2.03. The van der Waals surface area contributed by atoms with Crippen molar-refractivity contribution in [1.29, 1.82) is 0 Å².